The number of thiol groups is 1. The number of hydrogen-bond acceptors (Lipinski definition) is 1. The van der Waals surface area contributed by atoms with Crippen LogP contribution in [-0.4, -0.2) is 0 Å². The summed E-state index contributed by atoms with van der Waals surface area (Å²) in [5, 5.41) is 8.07. The summed E-state index contributed by atoms with van der Waals surface area (Å²) in [5.74, 6) is 0.782. The van der Waals surface area contributed by atoms with Crippen molar-refractivity contribution in [2.75, 3.05) is 0 Å². The predicted octanol–water partition coefficient (Wildman–Crippen LogP) is 5.01. The van der Waals surface area contributed by atoms with E-state index in [0.717, 1.165) is 5.75 Å². The Morgan fingerprint density at radius 2 is 1.39 bits per heavy atom. The van der Waals surface area contributed by atoms with Crippen LogP contribution >= 0.6 is 12.6 Å². The van der Waals surface area contributed by atoms with E-state index in [1.165, 1.54) is 37.9 Å². The highest BCUT2D eigenvalue weighted by Gasteiger charge is 2.10. The molecule has 0 saturated heterocycles. The van der Waals surface area contributed by atoms with Crippen molar-refractivity contribution in [3.63, 3.8) is 0 Å². The lowest BCUT2D eigenvalue weighted by Crippen LogP contribution is -1.88. The Bertz CT molecular complexity index is 861. The molecule has 0 radical (unpaired) electrons. The highest BCUT2D eigenvalue weighted by atomic mass is 32.1. The average Bonchev–Trinajstić information content (AvgIpc) is 2.44. The lowest BCUT2D eigenvalue weighted by atomic mass is 9.92. The molecule has 0 aliphatic heterocycles. The third-order valence-corrected chi connectivity index (χ3v) is 4.10. The van der Waals surface area contributed by atoms with Crippen molar-refractivity contribution in [1.29, 1.82) is 0 Å². The third kappa shape index (κ3) is 1.23. The van der Waals surface area contributed by atoms with Crippen LogP contribution in [0, 0.1) is 0 Å². The summed E-state index contributed by atoms with van der Waals surface area (Å²) in [6.07, 6.45) is 0. The minimum absolute atomic E-state index is 0.782. The molecule has 0 aliphatic carbocycles. The first-order valence-electron chi connectivity index (χ1n) is 6.15. The van der Waals surface area contributed by atoms with E-state index in [4.69, 9.17) is 0 Å². The molecule has 0 saturated carbocycles. The molecule has 0 aromatic heterocycles. The van der Waals surface area contributed by atoms with Crippen molar-refractivity contribution in [2.45, 2.75) is 5.75 Å². The van der Waals surface area contributed by atoms with Crippen molar-refractivity contribution in [3.8, 4) is 0 Å². The van der Waals surface area contributed by atoms with Gasteiger partial charge in [0.1, 0.15) is 0 Å². The maximum Gasteiger partial charge on any atom is 0.0160 e. The van der Waals surface area contributed by atoms with E-state index in [9.17, 15) is 0 Å². The molecule has 0 aliphatic rings. The number of benzene rings is 4. The van der Waals surface area contributed by atoms with Crippen LogP contribution in [0.3, 0.4) is 0 Å². The monoisotopic (exact) mass is 248 g/mol. The third-order valence-electron chi connectivity index (χ3n) is 3.76. The topological polar surface area (TPSA) is 0 Å². The summed E-state index contributed by atoms with van der Waals surface area (Å²) in [4.78, 5) is 0. The van der Waals surface area contributed by atoms with Gasteiger partial charge in [-0.25, -0.2) is 0 Å². The molecule has 0 spiro atoms. The zero-order valence-corrected chi connectivity index (χ0v) is 10.7. The van der Waals surface area contributed by atoms with Gasteiger partial charge in [-0.2, -0.15) is 12.6 Å². The second kappa shape index (κ2) is 3.63. The van der Waals surface area contributed by atoms with Crippen LogP contribution in [0.15, 0.2) is 54.6 Å². The summed E-state index contributed by atoms with van der Waals surface area (Å²) in [7, 11) is 0. The standard InChI is InChI=1S/C17H12S/c18-10-14-9-13-5-1-3-11-7-8-12-4-2-6-15(14)17(12)16(11)13/h1-9,18H,10H2. The fraction of sp³-hybridized carbons (Fsp3) is 0.0588. The van der Waals surface area contributed by atoms with Gasteiger partial charge >= 0.3 is 0 Å². The SMILES string of the molecule is SCc1cc2cccc3ccc4cccc1c4c32. The fourth-order valence-corrected chi connectivity index (χ4v) is 3.23. The first-order chi connectivity index (χ1) is 8.88. The fourth-order valence-electron chi connectivity index (χ4n) is 2.97. The van der Waals surface area contributed by atoms with Crippen LogP contribution in [0.5, 0.6) is 0 Å². The molecule has 0 fully saturated rings. The predicted molar refractivity (Wildman–Crippen MR) is 82.8 cm³/mol. The summed E-state index contributed by atoms with van der Waals surface area (Å²) in [6.45, 7) is 0. The molecule has 4 aromatic rings. The van der Waals surface area contributed by atoms with Gasteiger partial charge < -0.3 is 0 Å². The Balaban J connectivity index is 2.43. The zero-order valence-electron chi connectivity index (χ0n) is 9.85. The molecular weight excluding hydrogens is 236 g/mol. The molecule has 4 rings (SSSR count). The second-order valence-corrected chi connectivity index (χ2v) is 5.06. The molecule has 1 heteroatoms. The quantitative estimate of drug-likeness (QED) is 0.355. The van der Waals surface area contributed by atoms with Crippen LogP contribution in [0.4, 0.5) is 0 Å². The van der Waals surface area contributed by atoms with E-state index < -0.39 is 0 Å². The molecule has 0 amide bonds. The van der Waals surface area contributed by atoms with Crippen molar-refractivity contribution in [2.24, 2.45) is 0 Å². The van der Waals surface area contributed by atoms with Gasteiger partial charge in [-0.1, -0.05) is 48.5 Å². The zero-order chi connectivity index (χ0) is 12.1. The Kier molecular flexibility index (Phi) is 2.06. The Morgan fingerprint density at radius 1 is 0.722 bits per heavy atom. The van der Waals surface area contributed by atoms with Crippen molar-refractivity contribution >= 4 is 44.9 Å². The van der Waals surface area contributed by atoms with Crippen LogP contribution in [0.2, 0.25) is 0 Å². The van der Waals surface area contributed by atoms with Crippen LogP contribution in [-0.2, 0) is 5.75 Å². The lowest BCUT2D eigenvalue weighted by molar-refractivity contribution is 1.50. The Hall–Kier alpha value is -1.73. The van der Waals surface area contributed by atoms with Crippen LogP contribution < -0.4 is 0 Å². The molecule has 0 unspecified atom stereocenters. The van der Waals surface area contributed by atoms with Crippen LogP contribution in [0.1, 0.15) is 5.56 Å². The molecule has 0 atom stereocenters. The molecule has 86 valence electrons. The second-order valence-electron chi connectivity index (χ2n) is 4.74. The smallest absolute Gasteiger partial charge is 0.0160 e. The molecule has 0 bridgehead atoms. The van der Waals surface area contributed by atoms with Gasteiger partial charge in [0.05, 0.1) is 0 Å². The molecule has 0 N–H and O–H groups in total. The van der Waals surface area contributed by atoms with E-state index in [-0.39, 0.29) is 0 Å². The minimum atomic E-state index is 0.782. The highest BCUT2D eigenvalue weighted by Crippen LogP contribution is 2.36. The van der Waals surface area contributed by atoms with Gasteiger partial charge in [-0.3, -0.25) is 0 Å². The van der Waals surface area contributed by atoms with E-state index in [1.807, 2.05) is 0 Å². The first kappa shape index (κ1) is 10.2. The Morgan fingerprint density at radius 3 is 2.17 bits per heavy atom. The van der Waals surface area contributed by atoms with E-state index >= 15 is 0 Å². The Labute approximate surface area is 111 Å². The summed E-state index contributed by atoms with van der Waals surface area (Å²) in [6, 6.07) is 19.7. The maximum atomic E-state index is 4.47. The average molecular weight is 248 g/mol. The van der Waals surface area contributed by atoms with E-state index in [0.29, 0.717) is 0 Å². The molecule has 18 heavy (non-hydrogen) atoms. The maximum absolute atomic E-state index is 4.47. The van der Waals surface area contributed by atoms with Crippen molar-refractivity contribution < 1.29 is 0 Å². The largest absolute Gasteiger partial charge is 0.175 e. The number of rotatable bonds is 1. The van der Waals surface area contributed by atoms with Gasteiger partial charge in [0.25, 0.3) is 0 Å². The summed E-state index contributed by atoms with van der Waals surface area (Å²) < 4.78 is 0. The van der Waals surface area contributed by atoms with Gasteiger partial charge in [0, 0.05) is 5.75 Å². The lowest BCUT2D eigenvalue weighted by Gasteiger charge is -2.13. The number of hydrogen-bond donors (Lipinski definition) is 1. The van der Waals surface area contributed by atoms with Crippen molar-refractivity contribution in [3.05, 3.63) is 60.2 Å². The first-order valence-corrected chi connectivity index (χ1v) is 6.78. The van der Waals surface area contributed by atoms with Gasteiger partial charge in [-0.05, 0) is 43.9 Å². The molecule has 0 nitrogen and oxygen atoms in total. The molecule has 4 aromatic carbocycles. The van der Waals surface area contributed by atoms with Crippen molar-refractivity contribution in [1.82, 2.24) is 0 Å². The normalized spacial score (nSPS) is 11.8. The van der Waals surface area contributed by atoms with Gasteiger partial charge in [0.15, 0.2) is 0 Å². The van der Waals surface area contributed by atoms with Gasteiger partial charge in [-0.15, -0.1) is 0 Å². The molecule has 0 heterocycles. The van der Waals surface area contributed by atoms with E-state index in [1.54, 1.807) is 0 Å². The van der Waals surface area contributed by atoms with Crippen LogP contribution in [0.25, 0.3) is 32.3 Å². The van der Waals surface area contributed by atoms with Gasteiger partial charge in [0.2, 0.25) is 0 Å². The summed E-state index contributed by atoms with van der Waals surface area (Å²) >= 11 is 4.47. The minimum Gasteiger partial charge on any atom is -0.175 e. The summed E-state index contributed by atoms with van der Waals surface area (Å²) in [5.41, 5.74) is 1.31. The highest BCUT2D eigenvalue weighted by molar-refractivity contribution is 7.79. The van der Waals surface area contributed by atoms with E-state index in [2.05, 4.69) is 67.2 Å². The molecular formula is C17H12S.